The molecule has 0 bridgehead atoms. The quantitative estimate of drug-likeness (QED) is 0.475. The van der Waals surface area contributed by atoms with E-state index >= 15 is 0 Å². The number of ether oxygens (including phenoxy) is 1. The van der Waals surface area contributed by atoms with Crippen LogP contribution in [0.25, 0.3) is 38.2 Å². The van der Waals surface area contributed by atoms with Crippen LogP contribution in [0.1, 0.15) is 0 Å². The van der Waals surface area contributed by atoms with Crippen molar-refractivity contribution in [2.24, 2.45) is 0 Å². The SMILES string of the molecule is COc1ccc2c(c1)nc1c3cccc4cccc(c(=O)n21)c43. The van der Waals surface area contributed by atoms with Crippen LogP contribution in [0.15, 0.2) is 59.4 Å². The fraction of sp³-hybridized carbons (Fsp3) is 0.0526. The number of benzene rings is 3. The minimum Gasteiger partial charge on any atom is -0.497 e. The van der Waals surface area contributed by atoms with E-state index in [2.05, 4.69) is 0 Å². The molecule has 0 atom stereocenters. The smallest absolute Gasteiger partial charge is 0.264 e. The van der Waals surface area contributed by atoms with E-state index in [1.807, 2.05) is 54.6 Å². The molecule has 110 valence electrons. The van der Waals surface area contributed by atoms with Crippen molar-refractivity contribution in [2.45, 2.75) is 0 Å². The highest BCUT2D eigenvalue weighted by Gasteiger charge is 2.15. The largest absolute Gasteiger partial charge is 0.497 e. The summed E-state index contributed by atoms with van der Waals surface area (Å²) < 4.78 is 6.97. The van der Waals surface area contributed by atoms with E-state index in [1.165, 1.54) is 0 Å². The van der Waals surface area contributed by atoms with Gasteiger partial charge in [0.1, 0.15) is 11.4 Å². The van der Waals surface area contributed by atoms with E-state index in [9.17, 15) is 4.79 Å². The number of hydrogen-bond acceptors (Lipinski definition) is 3. The molecule has 4 heteroatoms. The Morgan fingerprint density at radius 2 is 1.78 bits per heavy atom. The second kappa shape index (κ2) is 4.20. The lowest BCUT2D eigenvalue weighted by atomic mass is 10.0. The number of aromatic nitrogens is 2. The van der Waals surface area contributed by atoms with Crippen LogP contribution in [0, 0.1) is 0 Å². The van der Waals surface area contributed by atoms with Crippen LogP contribution in [0.2, 0.25) is 0 Å². The first-order valence-corrected chi connectivity index (χ1v) is 7.41. The Labute approximate surface area is 130 Å². The van der Waals surface area contributed by atoms with Crippen molar-refractivity contribution in [2.75, 3.05) is 7.11 Å². The van der Waals surface area contributed by atoms with Crippen molar-refractivity contribution in [1.29, 1.82) is 0 Å². The van der Waals surface area contributed by atoms with Crippen LogP contribution in [0.4, 0.5) is 0 Å². The summed E-state index contributed by atoms with van der Waals surface area (Å²) in [6.45, 7) is 0. The molecule has 5 rings (SSSR count). The molecule has 0 saturated carbocycles. The summed E-state index contributed by atoms with van der Waals surface area (Å²) in [5.74, 6) is 0.733. The lowest BCUT2D eigenvalue weighted by molar-refractivity contribution is 0.415. The minimum absolute atomic E-state index is 0.0306. The number of imidazole rings is 1. The normalized spacial score (nSPS) is 11.9. The maximum Gasteiger partial charge on any atom is 0.264 e. The van der Waals surface area contributed by atoms with Crippen LogP contribution in [-0.2, 0) is 0 Å². The van der Waals surface area contributed by atoms with Crippen LogP contribution in [0.5, 0.6) is 5.75 Å². The maximum atomic E-state index is 13.0. The molecular weight excluding hydrogens is 288 g/mol. The fourth-order valence-electron chi connectivity index (χ4n) is 3.40. The van der Waals surface area contributed by atoms with Crippen molar-refractivity contribution in [3.63, 3.8) is 0 Å². The average molecular weight is 300 g/mol. The van der Waals surface area contributed by atoms with Crippen molar-refractivity contribution in [3.8, 4) is 5.75 Å². The highest BCUT2D eigenvalue weighted by atomic mass is 16.5. The first-order chi connectivity index (χ1) is 11.3. The molecule has 0 N–H and O–H groups in total. The zero-order valence-corrected chi connectivity index (χ0v) is 12.4. The van der Waals surface area contributed by atoms with Gasteiger partial charge in [-0.1, -0.05) is 30.3 Å². The van der Waals surface area contributed by atoms with Gasteiger partial charge < -0.3 is 4.74 Å². The molecule has 3 aromatic carbocycles. The molecule has 0 aliphatic heterocycles. The molecule has 0 fully saturated rings. The molecule has 2 aromatic heterocycles. The molecule has 0 radical (unpaired) electrons. The summed E-state index contributed by atoms with van der Waals surface area (Å²) in [7, 11) is 1.62. The highest BCUT2D eigenvalue weighted by molar-refractivity contribution is 6.15. The van der Waals surface area contributed by atoms with Crippen LogP contribution in [-0.4, -0.2) is 16.5 Å². The number of pyridine rings is 1. The molecule has 2 heterocycles. The van der Waals surface area contributed by atoms with Gasteiger partial charge in [-0.2, -0.15) is 0 Å². The van der Waals surface area contributed by atoms with E-state index in [4.69, 9.17) is 9.72 Å². The maximum absolute atomic E-state index is 13.0. The topological polar surface area (TPSA) is 43.6 Å². The third kappa shape index (κ3) is 1.50. The minimum atomic E-state index is -0.0306. The lowest BCUT2D eigenvalue weighted by Crippen LogP contribution is -2.13. The second-order valence-electron chi connectivity index (χ2n) is 5.64. The van der Waals surface area contributed by atoms with E-state index < -0.39 is 0 Å². The Morgan fingerprint density at radius 3 is 2.57 bits per heavy atom. The number of nitrogens with zero attached hydrogens (tertiary/aromatic N) is 2. The second-order valence-corrected chi connectivity index (χ2v) is 5.64. The van der Waals surface area contributed by atoms with Crippen molar-refractivity contribution in [1.82, 2.24) is 9.38 Å². The molecule has 0 aliphatic rings. The Balaban J connectivity index is 2.14. The average Bonchev–Trinajstić information content (AvgIpc) is 2.98. The molecule has 0 amide bonds. The monoisotopic (exact) mass is 300 g/mol. The first kappa shape index (κ1) is 12.4. The zero-order chi connectivity index (χ0) is 15.6. The van der Waals surface area contributed by atoms with Gasteiger partial charge in [0, 0.05) is 22.2 Å². The molecule has 5 aromatic rings. The standard InChI is InChI=1S/C19H12N2O2/c1-23-12-8-9-16-15(10-12)20-18-13-6-2-4-11-5-3-7-14(17(11)13)19(22)21(16)18/h2-10H,1H3. The first-order valence-electron chi connectivity index (χ1n) is 7.41. The summed E-state index contributed by atoms with van der Waals surface area (Å²) in [6, 6.07) is 17.5. The van der Waals surface area contributed by atoms with E-state index in [0.29, 0.717) is 5.65 Å². The molecule has 4 nitrogen and oxygen atoms in total. The van der Waals surface area contributed by atoms with Gasteiger partial charge in [0.25, 0.3) is 5.56 Å². The highest BCUT2D eigenvalue weighted by Crippen LogP contribution is 2.30. The van der Waals surface area contributed by atoms with Crippen molar-refractivity contribution >= 4 is 38.2 Å². The van der Waals surface area contributed by atoms with Gasteiger partial charge in [-0.3, -0.25) is 9.20 Å². The Bertz CT molecular complexity index is 1270. The zero-order valence-electron chi connectivity index (χ0n) is 12.4. The Kier molecular flexibility index (Phi) is 2.26. The van der Waals surface area contributed by atoms with Crippen LogP contribution >= 0.6 is 0 Å². The van der Waals surface area contributed by atoms with E-state index in [0.717, 1.165) is 38.3 Å². The van der Waals surface area contributed by atoms with Crippen LogP contribution in [0.3, 0.4) is 0 Å². The van der Waals surface area contributed by atoms with Crippen molar-refractivity contribution < 1.29 is 4.74 Å². The summed E-state index contributed by atoms with van der Waals surface area (Å²) in [4.78, 5) is 17.7. The molecule has 23 heavy (non-hydrogen) atoms. The number of methoxy groups -OCH3 is 1. The predicted molar refractivity (Wildman–Crippen MR) is 91.7 cm³/mol. The van der Waals surface area contributed by atoms with Crippen LogP contribution < -0.4 is 10.3 Å². The molecule has 0 saturated heterocycles. The van der Waals surface area contributed by atoms with Crippen molar-refractivity contribution in [3.05, 3.63) is 65.0 Å². The molecule has 0 spiro atoms. The van der Waals surface area contributed by atoms with Gasteiger partial charge in [0.2, 0.25) is 0 Å². The third-order valence-corrected chi connectivity index (χ3v) is 4.44. The summed E-state index contributed by atoms with van der Waals surface area (Å²) in [5, 5.41) is 3.76. The third-order valence-electron chi connectivity index (χ3n) is 4.44. The van der Waals surface area contributed by atoms with Gasteiger partial charge in [-0.15, -0.1) is 0 Å². The number of hydrogen-bond donors (Lipinski definition) is 0. The van der Waals surface area contributed by atoms with Gasteiger partial charge >= 0.3 is 0 Å². The lowest BCUT2D eigenvalue weighted by Gasteiger charge is -2.06. The van der Waals surface area contributed by atoms with E-state index in [1.54, 1.807) is 11.5 Å². The van der Waals surface area contributed by atoms with Gasteiger partial charge in [0.05, 0.1) is 18.1 Å². The summed E-state index contributed by atoms with van der Waals surface area (Å²) in [5.41, 5.74) is 2.23. The fourth-order valence-corrected chi connectivity index (χ4v) is 3.40. The molecule has 0 unspecified atom stereocenters. The Hall–Kier alpha value is -3.14. The Morgan fingerprint density at radius 1 is 1.00 bits per heavy atom. The van der Waals surface area contributed by atoms with Gasteiger partial charge in [-0.25, -0.2) is 4.98 Å². The van der Waals surface area contributed by atoms with Gasteiger partial charge in [-0.05, 0) is 23.6 Å². The molecule has 0 aliphatic carbocycles. The van der Waals surface area contributed by atoms with Gasteiger partial charge in [0.15, 0.2) is 0 Å². The molecular formula is C19H12N2O2. The van der Waals surface area contributed by atoms with E-state index in [-0.39, 0.29) is 5.56 Å². The number of rotatable bonds is 1. The summed E-state index contributed by atoms with van der Waals surface area (Å²) in [6.07, 6.45) is 0. The summed E-state index contributed by atoms with van der Waals surface area (Å²) >= 11 is 0. The predicted octanol–water partition coefficient (Wildman–Crippen LogP) is 3.60. The number of fused-ring (bicyclic) bond motifs is 4.